The molecule has 0 aliphatic rings. The van der Waals surface area contributed by atoms with Crippen LogP contribution >= 0.6 is 12.6 Å². The van der Waals surface area contributed by atoms with Crippen LogP contribution in [0.3, 0.4) is 0 Å². The molecule has 2 amide bonds. The lowest BCUT2D eigenvalue weighted by molar-refractivity contribution is -0.138. The third-order valence-corrected chi connectivity index (χ3v) is 4.11. The molecule has 0 fully saturated rings. The molecule has 1 unspecified atom stereocenters. The van der Waals surface area contributed by atoms with Gasteiger partial charge in [-0.25, -0.2) is 0 Å². The van der Waals surface area contributed by atoms with E-state index in [1.165, 1.54) is 0 Å². The molecule has 0 aromatic heterocycles. The van der Waals surface area contributed by atoms with Gasteiger partial charge in [-0.1, -0.05) is 0 Å². The van der Waals surface area contributed by atoms with Gasteiger partial charge in [0.1, 0.15) is 19.3 Å². The molecular formula is C19H35N3O9S. The Kier molecular flexibility index (Phi) is 18.8. The van der Waals surface area contributed by atoms with Crippen LogP contribution in [0, 0.1) is 0 Å². The van der Waals surface area contributed by atoms with Gasteiger partial charge >= 0.3 is 5.97 Å². The summed E-state index contributed by atoms with van der Waals surface area (Å²) < 4.78 is 20.8. The van der Waals surface area contributed by atoms with Gasteiger partial charge in [0.15, 0.2) is 5.78 Å². The zero-order valence-corrected chi connectivity index (χ0v) is 19.3. The summed E-state index contributed by atoms with van der Waals surface area (Å²) in [6.07, 6.45) is 0.0953. The standard InChI is InChI=1S/C19H35N3O9S/c1-14(32)16(23)12-30-10-8-29-7-5-22-18(25)13-31-11-9-28-6-4-21-17(24)3-2-15(20)19(26)27/h14-15,32H,2-13,20H2,1H3,(H,21,24)(H,22,25)(H,26,27)/t14?,15-/m0/s1. The molecule has 5 N–H and O–H groups in total. The van der Waals surface area contributed by atoms with Crippen molar-refractivity contribution >= 4 is 36.2 Å². The lowest BCUT2D eigenvalue weighted by Crippen LogP contribution is -2.33. The fourth-order valence-electron chi connectivity index (χ4n) is 1.97. The monoisotopic (exact) mass is 481 g/mol. The van der Waals surface area contributed by atoms with Crippen LogP contribution in [-0.4, -0.2) is 106 Å². The molecule has 0 rings (SSSR count). The van der Waals surface area contributed by atoms with E-state index in [1.54, 1.807) is 6.92 Å². The molecule has 186 valence electrons. The lowest BCUT2D eigenvalue weighted by Gasteiger charge is -2.09. The number of ether oxygens (including phenoxy) is 4. The quantitative estimate of drug-likeness (QED) is 0.0944. The molecule has 13 heteroatoms. The highest BCUT2D eigenvalue weighted by molar-refractivity contribution is 7.81. The second-order valence-corrected chi connectivity index (χ2v) is 7.43. The Labute approximate surface area is 193 Å². The third kappa shape index (κ3) is 19.0. The Morgan fingerprint density at radius 2 is 1.34 bits per heavy atom. The molecule has 12 nitrogen and oxygen atoms in total. The molecule has 0 aliphatic carbocycles. The molecule has 0 saturated heterocycles. The minimum absolute atomic E-state index is 0.00419. The van der Waals surface area contributed by atoms with E-state index >= 15 is 0 Å². The van der Waals surface area contributed by atoms with Gasteiger partial charge in [0.2, 0.25) is 11.8 Å². The average Bonchev–Trinajstić information content (AvgIpc) is 2.75. The highest BCUT2D eigenvalue weighted by Crippen LogP contribution is 1.95. The molecule has 0 heterocycles. The van der Waals surface area contributed by atoms with E-state index in [0.717, 1.165) is 0 Å². The van der Waals surface area contributed by atoms with Gasteiger partial charge in [0.05, 0.1) is 44.9 Å². The number of hydrogen-bond donors (Lipinski definition) is 5. The molecule has 0 bridgehead atoms. The third-order valence-electron chi connectivity index (χ3n) is 3.82. The summed E-state index contributed by atoms with van der Waals surface area (Å²) in [6.45, 7) is 3.80. The second-order valence-electron chi connectivity index (χ2n) is 6.66. The maximum atomic E-state index is 11.6. The number of carboxylic acid groups (broad SMARTS) is 1. The highest BCUT2D eigenvalue weighted by Gasteiger charge is 2.13. The van der Waals surface area contributed by atoms with Gasteiger partial charge in [0.25, 0.3) is 0 Å². The summed E-state index contributed by atoms with van der Waals surface area (Å²) in [5.41, 5.74) is 5.31. The summed E-state index contributed by atoms with van der Waals surface area (Å²) in [5.74, 6) is -1.81. The molecular weight excluding hydrogens is 446 g/mol. The largest absolute Gasteiger partial charge is 0.480 e. The van der Waals surface area contributed by atoms with Crippen LogP contribution in [0.1, 0.15) is 19.8 Å². The van der Waals surface area contributed by atoms with Crippen LogP contribution in [0.4, 0.5) is 0 Å². The minimum atomic E-state index is -1.14. The van der Waals surface area contributed by atoms with Crippen molar-refractivity contribution in [3.05, 3.63) is 0 Å². The van der Waals surface area contributed by atoms with Gasteiger partial charge in [-0.05, 0) is 13.3 Å². The molecule has 32 heavy (non-hydrogen) atoms. The number of carbonyl (C=O) groups is 4. The van der Waals surface area contributed by atoms with Crippen LogP contribution in [0.5, 0.6) is 0 Å². The molecule has 0 aromatic rings. The van der Waals surface area contributed by atoms with Gasteiger partial charge in [-0.2, -0.15) is 12.6 Å². The zero-order chi connectivity index (χ0) is 24.2. The summed E-state index contributed by atoms with van der Waals surface area (Å²) in [4.78, 5) is 44.9. The number of carboxylic acids is 1. The number of Topliss-reactive ketones (excluding diaryl/α,β-unsaturated/α-hetero) is 1. The molecule has 0 radical (unpaired) electrons. The predicted molar refractivity (Wildman–Crippen MR) is 118 cm³/mol. The highest BCUT2D eigenvalue weighted by atomic mass is 32.1. The number of carbonyl (C=O) groups excluding carboxylic acids is 3. The van der Waals surface area contributed by atoms with Gasteiger partial charge in [0, 0.05) is 19.5 Å². The molecule has 0 spiro atoms. The summed E-state index contributed by atoms with van der Waals surface area (Å²) in [6, 6.07) is -1.05. The first kappa shape index (κ1) is 30.2. The Morgan fingerprint density at radius 3 is 1.88 bits per heavy atom. The smallest absolute Gasteiger partial charge is 0.320 e. The van der Waals surface area contributed by atoms with E-state index in [4.69, 9.17) is 29.8 Å². The average molecular weight is 482 g/mol. The van der Waals surface area contributed by atoms with Crippen LogP contribution in [-0.2, 0) is 38.1 Å². The summed E-state index contributed by atoms with van der Waals surface area (Å²) in [7, 11) is 0. The van der Waals surface area contributed by atoms with Gasteiger partial charge in [-0.15, -0.1) is 0 Å². The van der Waals surface area contributed by atoms with Gasteiger partial charge < -0.3 is 40.4 Å². The summed E-state index contributed by atoms with van der Waals surface area (Å²) >= 11 is 4.01. The number of thiol groups is 1. The van der Waals surface area contributed by atoms with Gasteiger partial charge in [-0.3, -0.25) is 19.2 Å². The van der Waals surface area contributed by atoms with Crippen molar-refractivity contribution in [1.82, 2.24) is 10.6 Å². The van der Waals surface area contributed by atoms with Crippen molar-refractivity contribution in [3.63, 3.8) is 0 Å². The molecule has 0 saturated carbocycles. The fraction of sp³-hybridized carbons (Fsp3) is 0.789. The number of ketones is 1. The van der Waals surface area contributed by atoms with E-state index in [2.05, 4.69) is 23.3 Å². The maximum absolute atomic E-state index is 11.6. The van der Waals surface area contributed by atoms with E-state index < -0.39 is 12.0 Å². The van der Waals surface area contributed by atoms with Crippen LogP contribution in [0.25, 0.3) is 0 Å². The van der Waals surface area contributed by atoms with E-state index in [9.17, 15) is 19.2 Å². The number of aliphatic carboxylic acids is 1. The normalized spacial score (nSPS) is 12.7. The number of nitrogens with one attached hydrogen (secondary N) is 2. The van der Waals surface area contributed by atoms with Crippen molar-refractivity contribution < 1.29 is 43.2 Å². The SMILES string of the molecule is CC(S)C(=O)COCCOCCNC(=O)COCCOCCNC(=O)CC[C@H](N)C(=O)O. The maximum Gasteiger partial charge on any atom is 0.320 e. The van der Waals surface area contributed by atoms with Crippen LogP contribution in [0.15, 0.2) is 0 Å². The number of amides is 2. The lowest BCUT2D eigenvalue weighted by atomic mass is 10.1. The van der Waals surface area contributed by atoms with Crippen molar-refractivity contribution in [2.24, 2.45) is 5.73 Å². The first-order valence-corrected chi connectivity index (χ1v) is 10.8. The van der Waals surface area contributed by atoms with Crippen LogP contribution in [0.2, 0.25) is 0 Å². The van der Waals surface area contributed by atoms with Crippen molar-refractivity contribution in [3.8, 4) is 0 Å². The number of nitrogens with two attached hydrogens (primary N) is 1. The molecule has 0 aliphatic heterocycles. The predicted octanol–water partition coefficient (Wildman–Crippen LogP) is -1.64. The van der Waals surface area contributed by atoms with E-state index in [1.807, 2.05) is 0 Å². The molecule has 0 aromatic carbocycles. The molecule has 2 atom stereocenters. The Morgan fingerprint density at radius 1 is 0.844 bits per heavy atom. The Bertz CT molecular complexity index is 564. The van der Waals surface area contributed by atoms with Crippen molar-refractivity contribution in [1.29, 1.82) is 0 Å². The Hall–Kier alpha value is -1.77. The topological polar surface area (TPSA) is 176 Å². The number of rotatable bonds is 21. The first-order valence-electron chi connectivity index (χ1n) is 10.3. The van der Waals surface area contributed by atoms with Crippen LogP contribution < -0.4 is 16.4 Å². The van der Waals surface area contributed by atoms with E-state index in [-0.39, 0.29) is 81.9 Å². The first-order chi connectivity index (χ1) is 15.2. The zero-order valence-electron chi connectivity index (χ0n) is 18.4. The Balaban J connectivity index is 3.39. The fourth-order valence-corrected chi connectivity index (χ4v) is 2.05. The second kappa shape index (κ2) is 19.9. The van der Waals surface area contributed by atoms with Crippen molar-refractivity contribution in [2.45, 2.75) is 31.1 Å². The van der Waals surface area contributed by atoms with E-state index in [0.29, 0.717) is 19.8 Å². The number of hydrogen-bond acceptors (Lipinski definition) is 10. The minimum Gasteiger partial charge on any atom is -0.480 e. The van der Waals surface area contributed by atoms with Crippen molar-refractivity contribution in [2.75, 3.05) is 65.9 Å². The summed E-state index contributed by atoms with van der Waals surface area (Å²) in [5, 5.41) is 13.5.